The number of fused-ring (bicyclic) bond motifs is 1. The summed E-state index contributed by atoms with van der Waals surface area (Å²) in [7, 11) is 0. The molecule has 0 unspecified atom stereocenters. The van der Waals surface area contributed by atoms with Crippen molar-refractivity contribution in [3.63, 3.8) is 0 Å². The molecule has 1 aromatic heterocycles. The highest BCUT2D eigenvalue weighted by Crippen LogP contribution is 2.28. The number of nitrogens with zero attached hydrogens (tertiary/aromatic N) is 3. The summed E-state index contributed by atoms with van der Waals surface area (Å²) in [6.45, 7) is 4.80. The molecule has 0 aliphatic carbocycles. The highest BCUT2D eigenvalue weighted by atomic mass is 16.2. The van der Waals surface area contributed by atoms with Crippen LogP contribution in [0, 0.1) is 5.92 Å². The van der Waals surface area contributed by atoms with Crippen LogP contribution in [0.3, 0.4) is 0 Å². The van der Waals surface area contributed by atoms with E-state index in [1.807, 2.05) is 83.8 Å². The number of hydrogen-bond donors (Lipinski definition) is 1. The van der Waals surface area contributed by atoms with Crippen molar-refractivity contribution in [2.24, 2.45) is 5.92 Å². The molecule has 0 spiro atoms. The zero-order valence-electron chi connectivity index (χ0n) is 25.8. The molecule has 45 heavy (non-hydrogen) atoms. The SMILES string of the molecule is CC[C@H](NC(=O)c1c(CN2CCC(C(=O)N3CCC(=O)CC3)CC2)n(-c2ccccc2)c(=O)c2ccccc12)c1ccccc1. The summed E-state index contributed by atoms with van der Waals surface area (Å²) in [6, 6.07) is 26.6. The lowest BCUT2D eigenvalue weighted by molar-refractivity contribution is -0.139. The van der Waals surface area contributed by atoms with E-state index in [9.17, 15) is 19.2 Å². The van der Waals surface area contributed by atoms with Crippen LogP contribution in [0.2, 0.25) is 0 Å². The summed E-state index contributed by atoms with van der Waals surface area (Å²) in [6.07, 6.45) is 2.99. The van der Waals surface area contributed by atoms with E-state index in [1.165, 1.54) is 0 Å². The van der Waals surface area contributed by atoms with E-state index in [0.717, 1.165) is 5.56 Å². The molecular formula is C37H40N4O4. The molecule has 2 saturated heterocycles. The standard InChI is InChI=1S/C37H40N4O4/c1-2-32(26-11-5-3-6-12-26)38-35(43)34-30-15-9-10-16-31(30)37(45)41(28-13-7-4-8-14-28)33(34)25-39-21-17-27(18-22-39)36(44)40-23-19-29(42)20-24-40/h3-16,27,32H,2,17-25H2,1H3,(H,38,43)/t32-/m0/s1. The molecule has 1 atom stereocenters. The van der Waals surface area contributed by atoms with Crippen LogP contribution in [0.25, 0.3) is 16.5 Å². The summed E-state index contributed by atoms with van der Waals surface area (Å²) < 4.78 is 1.70. The van der Waals surface area contributed by atoms with Crippen molar-refractivity contribution in [2.45, 2.75) is 51.6 Å². The first-order chi connectivity index (χ1) is 21.9. The number of carbonyl (C=O) groups excluding carboxylic acids is 3. The van der Waals surface area contributed by atoms with E-state index in [2.05, 4.69) is 17.1 Å². The molecule has 0 bridgehead atoms. The van der Waals surface area contributed by atoms with Gasteiger partial charge in [0.05, 0.1) is 17.3 Å². The maximum Gasteiger partial charge on any atom is 0.263 e. The number of amides is 2. The molecule has 2 amide bonds. The van der Waals surface area contributed by atoms with Gasteiger partial charge in [-0.15, -0.1) is 0 Å². The van der Waals surface area contributed by atoms with Gasteiger partial charge in [-0.05, 0) is 56.1 Å². The normalized spacial score (nSPS) is 16.9. The monoisotopic (exact) mass is 604 g/mol. The lowest BCUT2D eigenvalue weighted by atomic mass is 9.93. The minimum atomic E-state index is -0.216. The van der Waals surface area contributed by atoms with E-state index in [1.54, 1.807) is 10.6 Å². The molecule has 0 saturated carbocycles. The number of benzene rings is 3. The Morgan fingerprint density at radius 3 is 2.04 bits per heavy atom. The molecule has 1 N–H and O–H groups in total. The van der Waals surface area contributed by atoms with Gasteiger partial charge in [0.1, 0.15) is 5.78 Å². The Kier molecular flexibility index (Phi) is 9.21. The molecule has 2 aliphatic heterocycles. The second kappa shape index (κ2) is 13.6. The molecule has 232 valence electrons. The molecule has 3 aromatic carbocycles. The van der Waals surface area contributed by atoms with Crippen molar-refractivity contribution in [2.75, 3.05) is 26.2 Å². The number of rotatable bonds is 8. The van der Waals surface area contributed by atoms with Crippen LogP contribution in [-0.2, 0) is 16.1 Å². The molecule has 8 nitrogen and oxygen atoms in total. The third kappa shape index (κ3) is 6.47. The van der Waals surface area contributed by atoms with Gasteiger partial charge in [-0.25, -0.2) is 0 Å². The van der Waals surface area contributed by atoms with E-state index in [4.69, 9.17) is 0 Å². The maximum absolute atomic E-state index is 14.4. The average molecular weight is 605 g/mol. The first-order valence-electron chi connectivity index (χ1n) is 16.0. The summed E-state index contributed by atoms with van der Waals surface area (Å²) in [5, 5.41) is 4.41. The molecular weight excluding hydrogens is 564 g/mol. The first kappa shape index (κ1) is 30.5. The van der Waals surface area contributed by atoms with Crippen molar-refractivity contribution in [3.05, 3.63) is 112 Å². The highest BCUT2D eigenvalue weighted by molar-refractivity contribution is 6.08. The van der Waals surface area contributed by atoms with Crippen molar-refractivity contribution < 1.29 is 14.4 Å². The summed E-state index contributed by atoms with van der Waals surface area (Å²) in [4.78, 5) is 57.5. The maximum atomic E-state index is 14.4. The predicted molar refractivity (Wildman–Crippen MR) is 175 cm³/mol. The zero-order chi connectivity index (χ0) is 31.3. The Hall–Kier alpha value is -4.56. The topological polar surface area (TPSA) is 91.7 Å². The Bertz CT molecular complexity index is 1730. The molecule has 3 heterocycles. The summed E-state index contributed by atoms with van der Waals surface area (Å²) >= 11 is 0. The van der Waals surface area contributed by atoms with E-state index < -0.39 is 0 Å². The molecule has 2 fully saturated rings. The van der Waals surface area contributed by atoms with Crippen LogP contribution >= 0.6 is 0 Å². The quantitative estimate of drug-likeness (QED) is 0.296. The fraction of sp³-hybridized carbons (Fsp3) is 0.351. The zero-order valence-corrected chi connectivity index (χ0v) is 25.8. The van der Waals surface area contributed by atoms with Gasteiger partial charge in [-0.1, -0.05) is 73.7 Å². The summed E-state index contributed by atoms with van der Waals surface area (Å²) in [5.74, 6) is 0.0656. The highest BCUT2D eigenvalue weighted by Gasteiger charge is 2.32. The Morgan fingerprint density at radius 1 is 0.800 bits per heavy atom. The van der Waals surface area contributed by atoms with Gasteiger partial charge in [-0.2, -0.15) is 0 Å². The van der Waals surface area contributed by atoms with Gasteiger partial charge in [0.2, 0.25) is 5.91 Å². The van der Waals surface area contributed by atoms with Crippen molar-refractivity contribution in [3.8, 4) is 5.69 Å². The van der Waals surface area contributed by atoms with Crippen LogP contribution in [0.5, 0.6) is 0 Å². The van der Waals surface area contributed by atoms with Gasteiger partial charge >= 0.3 is 0 Å². The minimum Gasteiger partial charge on any atom is -0.345 e. The molecule has 2 aliphatic rings. The summed E-state index contributed by atoms with van der Waals surface area (Å²) in [5.41, 5.74) is 2.71. The lowest BCUT2D eigenvalue weighted by Crippen LogP contribution is -2.45. The van der Waals surface area contributed by atoms with E-state index in [0.29, 0.717) is 92.5 Å². The number of hydrogen-bond acceptors (Lipinski definition) is 5. The number of para-hydroxylation sites is 1. The van der Waals surface area contributed by atoms with Crippen LogP contribution in [-0.4, -0.2) is 58.1 Å². The fourth-order valence-corrected chi connectivity index (χ4v) is 6.77. The number of ketones is 1. The average Bonchev–Trinajstić information content (AvgIpc) is 3.08. The largest absolute Gasteiger partial charge is 0.345 e. The van der Waals surface area contributed by atoms with Gasteiger partial charge in [0.15, 0.2) is 0 Å². The van der Waals surface area contributed by atoms with Gasteiger partial charge < -0.3 is 10.2 Å². The van der Waals surface area contributed by atoms with Crippen LogP contribution in [0.4, 0.5) is 0 Å². The Morgan fingerprint density at radius 2 is 1.40 bits per heavy atom. The van der Waals surface area contributed by atoms with E-state index >= 15 is 0 Å². The van der Waals surface area contributed by atoms with Crippen molar-refractivity contribution in [1.29, 1.82) is 0 Å². The second-order valence-corrected chi connectivity index (χ2v) is 12.1. The van der Waals surface area contributed by atoms with Crippen LogP contribution < -0.4 is 10.9 Å². The van der Waals surface area contributed by atoms with Gasteiger partial charge in [-0.3, -0.25) is 28.6 Å². The molecule has 6 rings (SSSR count). The van der Waals surface area contributed by atoms with Crippen LogP contribution in [0.1, 0.15) is 66.7 Å². The molecule has 0 radical (unpaired) electrons. The Balaban J connectivity index is 1.36. The van der Waals surface area contributed by atoms with Gasteiger partial charge in [0, 0.05) is 54.9 Å². The number of carbonyl (C=O) groups is 3. The first-order valence-corrected chi connectivity index (χ1v) is 16.0. The minimum absolute atomic E-state index is 0.0821. The van der Waals surface area contributed by atoms with Crippen molar-refractivity contribution >= 4 is 28.4 Å². The number of pyridine rings is 1. The van der Waals surface area contributed by atoms with Crippen LogP contribution in [0.15, 0.2) is 89.7 Å². The predicted octanol–water partition coefficient (Wildman–Crippen LogP) is 5.28. The number of Topliss-reactive ketones (excluding diaryl/α,β-unsaturated/α-hetero) is 1. The number of nitrogens with one attached hydrogen (secondary N) is 1. The fourth-order valence-electron chi connectivity index (χ4n) is 6.77. The second-order valence-electron chi connectivity index (χ2n) is 12.1. The number of aromatic nitrogens is 1. The smallest absolute Gasteiger partial charge is 0.263 e. The number of likely N-dealkylation sites (tertiary alicyclic amines) is 2. The third-order valence-corrected chi connectivity index (χ3v) is 9.29. The molecule has 4 aromatic rings. The lowest BCUT2D eigenvalue weighted by Gasteiger charge is -2.36. The van der Waals surface area contributed by atoms with Gasteiger partial charge in [0.25, 0.3) is 11.5 Å². The Labute approximate surface area is 263 Å². The number of piperidine rings is 2. The molecule has 8 heteroatoms. The third-order valence-electron chi connectivity index (χ3n) is 9.29. The van der Waals surface area contributed by atoms with E-state index in [-0.39, 0.29) is 35.1 Å². The van der Waals surface area contributed by atoms with Crippen molar-refractivity contribution in [1.82, 2.24) is 19.7 Å².